The highest BCUT2D eigenvalue weighted by molar-refractivity contribution is 5.92. The van der Waals surface area contributed by atoms with Crippen LogP contribution in [0.4, 0.5) is 0 Å². The molecular weight excluding hydrogens is 252 g/mol. The smallest absolute Gasteiger partial charge is 0.000823 e. The molecular formula is C21H22. The molecule has 0 aromatic heterocycles. The molecule has 0 heterocycles. The molecule has 0 spiro atoms. The predicted molar refractivity (Wildman–Crippen MR) is 92.2 cm³/mol. The van der Waals surface area contributed by atoms with E-state index in [4.69, 9.17) is 0 Å². The Hall–Kier alpha value is -2.08. The molecule has 0 N–H and O–H groups in total. The van der Waals surface area contributed by atoms with Crippen molar-refractivity contribution < 1.29 is 0 Å². The van der Waals surface area contributed by atoms with Crippen LogP contribution in [-0.4, -0.2) is 0 Å². The number of rotatable bonds is 2. The molecule has 0 saturated carbocycles. The zero-order valence-corrected chi connectivity index (χ0v) is 13.3. The van der Waals surface area contributed by atoms with Crippen molar-refractivity contribution in [2.45, 2.75) is 34.1 Å². The Morgan fingerprint density at radius 3 is 1.33 bits per heavy atom. The minimum absolute atomic E-state index is 1.05. The summed E-state index contributed by atoms with van der Waals surface area (Å²) in [5, 5.41) is 0. The van der Waals surface area contributed by atoms with E-state index in [-0.39, 0.29) is 0 Å². The summed E-state index contributed by atoms with van der Waals surface area (Å²) in [5.74, 6) is 0. The number of aryl methyl sites for hydroxylation is 2. The fourth-order valence-corrected chi connectivity index (χ4v) is 3.31. The van der Waals surface area contributed by atoms with E-state index in [0.29, 0.717) is 0 Å². The van der Waals surface area contributed by atoms with Crippen LogP contribution in [0.2, 0.25) is 0 Å². The maximum atomic E-state index is 2.27. The summed E-state index contributed by atoms with van der Waals surface area (Å²) >= 11 is 0. The molecule has 0 saturated heterocycles. The second kappa shape index (κ2) is 5.37. The highest BCUT2D eigenvalue weighted by Crippen LogP contribution is 2.43. The maximum absolute atomic E-state index is 2.27. The monoisotopic (exact) mass is 274 g/mol. The van der Waals surface area contributed by atoms with Crippen molar-refractivity contribution in [2.24, 2.45) is 0 Å². The number of hydrogen-bond donors (Lipinski definition) is 0. The van der Waals surface area contributed by atoms with Gasteiger partial charge in [0, 0.05) is 0 Å². The molecule has 0 nitrogen and oxygen atoms in total. The Morgan fingerprint density at radius 1 is 0.571 bits per heavy atom. The Morgan fingerprint density at radius 2 is 0.952 bits per heavy atom. The zero-order chi connectivity index (χ0) is 15.0. The van der Waals surface area contributed by atoms with Crippen molar-refractivity contribution in [2.75, 3.05) is 0 Å². The second-order valence-corrected chi connectivity index (χ2v) is 6.01. The van der Waals surface area contributed by atoms with E-state index in [9.17, 15) is 0 Å². The van der Waals surface area contributed by atoms with Gasteiger partial charge in [-0.2, -0.15) is 0 Å². The topological polar surface area (TPSA) is 0 Å². The molecule has 0 heteroatoms. The van der Waals surface area contributed by atoms with Crippen LogP contribution in [-0.2, 0) is 0 Å². The van der Waals surface area contributed by atoms with Crippen LogP contribution in [0.15, 0.2) is 59.7 Å². The predicted octanol–water partition coefficient (Wildman–Crippen LogP) is 5.95. The first kappa shape index (κ1) is 13.9. The summed E-state index contributed by atoms with van der Waals surface area (Å²) < 4.78 is 0. The standard InChI is InChI=1S/C21H22/c1-14-9-5-7-11-18(14)20-13-21(17(4)16(20)3)19-12-8-6-10-15(19)2/h5-12H,13H2,1-4H3. The zero-order valence-electron chi connectivity index (χ0n) is 13.3. The van der Waals surface area contributed by atoms with Crippen LogP contribution < -0.4 is 0 Å². The second-order valence-electron chi connectivity index (χ2n) is 6.01. The summed E-state index contributed by atoms with van der Waals surface area (Å²) in [5.41, 5.74) is 11.4. The van der Waals surface area contributed by atoms with Crippen LogP contribution in [0.5, 0.6) is 0 Å². The lowest BCUT2D eigenvalue weighted by atomic mass is 9.93. The molecule has 0 bridgehead atoms. The van der Waals surface area contributed by atoms with Gasteiger partial charge in [-0.25, -0.2) is 0 Å². The summed E-state index contributed by atoms with van der Waals surface area (Å²) in [6, 6.07) is 17.4. The van der Waals surface area contributed by atoms with Gasteiger partial charge in [-0.1, -0.05) is 48.5 Å². The molecule has 21 heavy (non-hydrogen) atoms. The molecule has 0 unspecified atom stereocenters. The lowest BCUT2D eigenvalue weighted by Crippen LogP contribution is -1.90. The third-order valence-corrected chi connectivity index (χ3v) is 4.76. The first-order valence-electron chi connectivity index (χ1n) is 7.61. The van der Waals surface area contributed by atoms with Gasteiger partial charge in [0.1, 0.15) is 0 Å². The summed E-state index contributed by atoms with van der Waals surface area (Å²) in [6.07, 6.45) is 1.05. The average molecular weight is 274 g/mol. The van der Waals surface area contributed by atoms with Gasteiger partial charge in [0.25, 0.3) is 0 Å². The van der Waals surface area contributed by atoms with E-state index in [1.54, 1.807) is 0 Å². The van der Waals surface area contributed by atoms with Crippen molar-refractivity contribution >= 4 is 11.1 Å². The summed E-state index contributed by atoms with van der Waals surface area (Å²) in [7, 11) is 0. The van der Waals surface area contributed by atoms with Gasteiger partial charge in [0.2, 0.25) is 0 Å². The lowest BCUT2D eigenvalue weighted by molar-refractivity contribution is 1.33. The van der Waals surface area contributed by atoms with Crippen molar-refractivity contribution in [3.8, 4) is 0 Å². The van der Waals surface area contributed by atoms with Crippen LogP contribution in [0.1, 0.15) is 42.5 Å². The number of benzene rings is 2. The van der Waals surface area contributed by atoms with E-state index >= 15 is 0 Å². The van der Waals surface area contributed by atoms with E-state index < -0.39 is 0 Å². The Balaban J connectivity index is 2.05. The molecule has 0 radical (unpaired) electrons. The highest BCUT2D eigenvalue weighted by atomic mass is 14.3. The van der Waals surface area contributed by atoms with Crippen molar-refractivity contribution in [3.05, 3.63) is 81.9 Å². The molecule has 2 aromatic carbocycles. The fraction of sp³-hybridized carbons (Fsp3) is 0.238. The minimum atomic E-state index is 1.05. The highest BCUT2D eigenvalue weighted by Gasteiger charge is 2.22. The molecule has 0 aliphatic heterocycles. The van der Waals surface area contributed by atoms with E-state index in [1.807, 2.05) is 0 Å². The van der Waals surface area contributed by atoms with Crippen molar-refractivity contribution in [3.63, 3.8) is 0 Å². The van der Waals surface area contributed by atoms with E-state index in [1.165, 1.54) is 44.5 Å². The maximum Gasteiger partial charge on any atom is -0.000823 e. The van der Waals surface area contributed by atoms with Crippen LogP contribution in [0.25, 0.3) is 11.1 Å². The van der Waals surface area contributed by atoms with Gasteiger partial charge >= 0.3 is 0 Å². The van der Waals surface area contributed by atoms with Crippen LogP contribution >= 0.6 is 0 Å². The van der Waals surface area contributed by atoms with Gasteiger partial charge in [-0.15, -0.1) is 0 Å². The first-order chi connectivity index (χ1) is 10.1. The van der Waals surface area contributed by atoms with Crippen LogP contribution in [0.3, 0.4) is 0 Å². The summed E-state index contributed by atoms with van der Waals surface area (Å²) in [6.45, 7) is 8.94. The Kier molecular flexibility index (Phi) is 3.55. The summed E-state index contributed by atoms with van der Waals surface area (Å²) in [4.78, 5) is 0. The number of allylic oxidation sites excluding steroid dienone is 4. The molecule has 1 aliphatic rings. The molecule has 106 valence electrons. The van der Waals surface area contributed by atoms with E-state index in [0.717, 1.165) is 6.42 Å². The third-order valence-electron chi connectivity index (χ3n) is 4.76. The SMILES string of the molecule is CC1=C(c2ccccc2C)CC(c2ccccc2C)=C1C. The molecule has 0 fully saturated rings. The molecule has 2 aromatic rings. The minimum Gasteiger partial charge on any atom is -0.0620 e. The third kappa shape index (κ3) is 2.35. The normalized spacial score (nSPS) is 15.0. The molecule has 3 rings (SSSR count). The Bertz CT molecular complexity index is 692. The molecule has 0 amide bonds. The van der Waals surface area contributed by atoms with Gasteiger partial charge in [-0.3, -0.25) is 0 Å². The van der Waals surface area contributed by atoms with Gasteiger partial charge < -0.3 is 0 Å². The van der Waals surface area contributed by atoms with Gasteiger partial charge in [0.15, 0.2) is 0 Å². The Labute approximate surface area is 127 Å². The molecule has 0 atom stereocenters. The van der Waals surface area contributed by atoms with Crippen LogP contribution in [0, 0.1) is 13.8 Å². The quantitative estimate of drug-likeness (QED) is 0.634. The lowest BCUT2D eigenvalue weighted by Gasteiger charge is -2.11. The molecule has 1 aliphatic carbocycles. The van der Waals surface area contributed by atoms with Crippen molar-refractivity contribution in [1.82, 2.24) is 0 Å². The first-order valence-corrected chi connectivity index (χ1v) is 7.61. The van der Waals surface area contributed by atoms with E-state index in [2.05, 4.69) is 76.2 Å². The fourth-order valence-electron chi connectivity index (χ4n) is 3.31. The van der Waals surface area contributed by atoms with Crippen molar-refractivity contribution in [1.29, 1.82) is 0 Å². The number of hydrogen-bond acceptors (Lipinski definition) is 0. The average Bonchev–Trinajstić information content (AvgIpc) is 2.77. The van der Waals surface area contributed by atoms with Gasteiger partial charge in [-0.05, 0) is 78.7 Å². The largest absolute Gasteiger partial charge is 0.0620 e. The van der Waals surface area contributed by atoms with Gasteiger partial charge in [0.05, 0.1) is 0 Å².